The first-order valence-corrected chi connectivity index (χ1v) is 14.4. The number of hydrogen-bond donors (Lipinski definition) is 4. The SMILES string of the molecule is O=P(O)(O)CN(CCc1ccc(OP(P)P)cc1)CP(=O)(O)O. The zero-order valence-electron chi connectivity index (χ0n) is 12.1. The third kappa shape index (κ3) is 10.9. The smallest absolute Gasteiger partial charge is 0.339 e. The van der Waals surface area contributed by atoms with Crippen molar-refractivity contribution < 1.29 is 33.2 Å². The Labute approximate surface area is 140 Å². The Hall–Kier alpha value is 0.570. The van der Waals surface area contributed by atoms with Crippen LogP contribution in [0.4, 0.5) is 0 Å². The molecule has 0 aliphatic heterocycles. The van der Waals surface area contributed by atoms with Gasteiger partial charge in [-0.25, -0.2) is 0 Å². The van der Waals surface area contributed by atoms with Crippen LogP contribution in [-0.4, -0.2) is 43.6 Å². The Kier molecular flexibility index (Phi) is 8.76. The minimum absolute atomic E-state index is 0.121. The Morgan fingerprint density at radius 1 is 1.00 bits per heavy atom. The summed E-state index contributed by atoms with van der Waals surface area (Å²) in [6.45, 7) is 0.121. The average Bonchev–Trinajstić information content (AvgIpc) is 2.33. The highest BCUT2D eigenvalue weighted by Crippen LogP contribution is 2.53. The quantitative estimate of drug-likeness (QED) is 0.447. The lowest BCUT2D eigenvalue weighted by molar-refractivity contribution is 0.279. The molecule has 0 saturated heterocycles. The van der Waals surface area contributed by atoms with Crippen LogP contribution in [0.1, 0.15) is 5.56 Å². The fourth-order valence-corrected chi connectivity index (χ4v) is 4.61. The van der Waals surface area contributed by atoms with Crippen molar-refractivity contribution >= 4 is 40.6 Å². The molecule has 0 aliphatic rings. The van der Waals surface area contributed by atoms with Gasteiger partial charge in [0.1, 0.15) is 25.8 Å². The standard InChI is InChI=1S/C10H20NO7P5/c12-22(13,14)7-11(8-23(15,16)17)6-5-9-1-3-10(4-2-9)18-21(19)20/h1-4H,5-8,19-20H2,(H2,12,13,14)(H2,15,16,17). The summed E-state index contributed by atoms with van der Waals surface area (Å²) in [6.07, 6.45) is -0.982. The predicted molar refractivity (Wildman–Crippen MR) is 97.6 cm³/mol. The number of hydrogen-bond acceptors (Lipinski definition) is 4. The minimum Gasteiger partial charge on any atom is -0.466 e. The van der Waals surface area contributed by atoms with Gasteiger partial charge in [0.15, 0.2) is 0 Å². The summed E-state index contributed by atoms with van der Waals surface area (Å²) in [5.41, 5.74) is 0.871. The van der Waals surface area contributed by atoms with E-state index < -0.39 is 35.3 Å². The van der Waals surface area contributed by atoms with Crippen LogP contribution in [0, 0.1) is 0 Å². The Balaban J connectivity index is 2.66. The maximum Gasteiger partial charge on any atom is 0.339 e. The van der Waals surface area contributed by atoms with Gasteiger partial charge in [-0.1, -0.05) is 30.0 Å². The maximum absolute atomic E-state index is 11.1. The van der Waals surface area contributed by atoms with Crippen molar-refractivity contribution in [3.05, 3.63) is 29.8 Å². The molecular weight excluding hydrogens is 401 g/mol. The van der Waals surface area contributed by atoms with Gasteiger partial charge in [-0.15, -0.1) is 0 Å². The topological polar surface area (TPSA) is 128 Å². The van der Waals surface area contributed by atoms with E-state index in [0.29, 0.717) is 12.2 Å². The fraction of sp³-hybridized carbons (Fsp3) is 0.400. The van der Waals surface area contributed by atoms with Gasteiger partial charge in [0.25, 0.3) is 0 Å². The second-order valence-electron chi connectivity index (χ2n) is 4.85. The van der Waals surface area contributed by atoms with Crippen LogP contribution in [0.15, 0.2) is 24.3 Å². The van der Waals surface area contributed by atoms with Gasteiger partial charge < -0.3 is 24.1 Å². The molecule has 0 radical (unpaired) electrons. The molecule has 2 atom stereocenters. The number of benzene rings is 1. The first-order valence-electron chi connectivity index (χ1n) is 6.32. The highest BCUT2D eigenvalue weighted by molar-refractivity contribution is 8.41. The minimum atomic E-state index is -4.39. The summed E-state index contributed by atoms with van der Waals surface area (Å²) in [7, 11) is -4.39. The van der Waals surface area contributed by atoms with Gasteiger partial charge in [-0.05, 0) is 24.1 Å². The molecule has 13 heteroatoms. The van der Waals surface area contributed by atoms with Crippen LogP contribution in [0.3, 0.4) is 0 Å². The molecule has 0 spiro atoms. The lowest BCUT2D eigenvalue weighted by atomic mass is 10.1. The zero-order chi connectivity index (χ0) is 17.7. The van der Waals surface area contributed by atoms with E-state index in [1.807, 2.05) is 0 Å². The van der Waals surface area contributed by atoms with E-state index in [1.165, 1.54) is 0 Å². The van der Waals surface area contributed by atoms with E-state index in [4.69, 9.17) is 24.1 Å². The monoisotopic (exact) mass is 421 g/mol. The van der Waals surface area contributed by atoms with E-state index >= 15 is 0 Å². The summed E-state index contributed by atoms with van der Waals surface area (Å²) in [5, 5.41) is 0. The predicted octanol–water partition coefficient (Wildman–Crippen LogP) is 2.16. The van der Waals surface area contributed by atoms with Crippen LogP contribution < -0.4 is 4.52 Å². The van der Waals surface area contributed by atoms with Crippen LogP contribution >= 0.6 is 40.6 Å². The molecule has 4 N–H and O–H groups in total. The lowest BCUT2D eigenvalue weighted by Gasteiger charge is -2.23. The van der Waals surface area contributed by atoms with Crippen LogP contribution in [0.25, 0.3) is 0 Å². The van der Waals surface area contributed by atoms with Crippen molar-refractivity contribution in [3.8, 4) is 5.75 Å². The van der Waals surface area contributed by atoms with E-state index in [9.17, 15) is 9.13 Å². The molecule has 0 aliphatic carbocycles. The third-order valence-electron chi connectivity index (χ3n) is 2.62. The van der Waals surface area contributed by atoms with E-state index in [1.54, 1.807) is 24.3 Å². The third-order valence-corrected chi connectivity index (χ3v) is 5.21. The van der Waals surface area contributed by atoms with Gasteiger partial charge in [0.05, 0.1) is 0 Å². The molecule has 0 amide bonds. The zero-order valence-corrected chi connectivity index (χ0v) is 17.1. The van der Waals surface area contributed by atoms with Gasteiger partial charge in [0, 0.05) is 6.54 Å². The van der Waals surface area contributed by atoms with Gasteiger partial charge >= 0.3 is 15.2 Å². The molecule has 0 heterocycles. The van der Waals surface area contributed by atoms with Crippen molar-refractivity contribution in [2.24, 2.45) is 0 Å². The van der Waals surface area contributed by atoms with E-state index in [0.717, 1.165) is 10.5 Å². The molecule has 0 bridgehead atoms. The van der Waals surface area contributed by atoms with Gasteiger partial charge in [0.2, 0.25) is 0 Å². The van der Waals surface area contributed by atoms with Crippen LogP contribution in [0.5, 0.6) is 5.75 Å². The van der Waals surface area contributed by atoms with Crippen molar-refractivity contribution in [1.29, 1.82) is 0 Å². The van der Waals surface area contributed by atoms with E-state index in [2.05, 4.69) is 17.9 Å². The normalized spacial score (nSPS) is 12.9. The Morgan fingerprint density at radius 2 is 1.48 bits per heavy atom. The summed E-state index contributed by atoms with van der Waals surface area (Å²) in [4.78, 5) is 37.1. The highest BCUT2D eigenvalue weighted by Gasteiger charge is 2.25. The van der Waals surface area contributed by atoms with Crippen molar-refractivity contribution in [3.63, 3.8) is 0 Å². The van der Waals surface area contributed by atoms with Crippen molar-refractivity contribution in [1.82, 2.24) is 4.90 Å². The Morgan fingerprint density at radius 3 is 1.87 bits per heavy atom. The molecule has 132 valence electrons. The van der Waals surface area contributed by atoms with E-state index in [-0.39, 0.29) is 6.54 Å². The molecular formula is C10H20NO7P5. The first kappa shape index (κ1) is 21.6. The molecule has 1 aromatic rings. The molecule has 1 rings (SSSR count). The van der Waals surface area contributed by atoms with Crippen molar-refractivity contribution in [2.75, 3.05) is 19.1 Å². The summed E-state index contributed by atoms with van der Waals surface area (Å²) in [5.74, 6) is 0.701. The molecule has 23 heavy (non-hydrogen) atoms. The molecule has 2 unspecified atom stereocenters. The largest absolute Gasteiger partial charge is 0.466 e. The highest BCUT2D eigenvalue weighted by atomic mass is 32.4. The summed E-state index contributed by atoms with van der Waals surface area (Å²) >= 11 is 0. The van der Waals surface area contributed by atoms with Gasteiger partial charge in [-0.2, -0.15) is 0 Å². The molecule has 0 aromatic heterocycles. The van der Waals surface area contributed by atoms with Crippen molar-refractivity contribution in [2.45, 2.75) is 6.42 Å². The maximum atomic E-state index is 11.1. The summed E-state index contributed by atoms with van der Waals surface area (Å²) in [6, 6.07) is 7.15. The molecule has 0 saturated carbocycles. The Bertz CT molecular complexity index is 560. The number of rotatable bonds is 9. The molecule has 0 fully saturated rings. The molecule has 8 nitrogen and oxygen atoms in total. The second-order valence-corrected chi connectivity index (χ2v) is 13.8. The van der Waals surface area contributed by atoms with Crippen LogP contribution in [0.2, 0.25) is 0 Å². The van der Waals surface area contributed by atoms with Crippen LogP contribution in [-0.2, 0) is 15.6 Å². The fourth-order valence-electron chi connectivity index (χ4n) is 1.83. The number of nitrogens with zero attached hydrogens (tertiary/aromatic N) is 1. The van der Waals surface area contributed by atoms with Gasteiger partial charge in [-0.3, -0.25) is 14.0 Å². The second kappa shape index (κ2) is 9.32. The molecule has 1 aromatic carbocycles. The lowest BCUT2D eigenvalue weighted by Crippen LogP contribution is -2.28. The first-order chi connectivity index (χ1) is 10.4. The summed E-state index contributed by atoms with van der Waals surface area (Å²) < 4.78 is 27.6. The average molecular weight is 421 g/mol.